The van der Waals surface area contributed by atoms with Crippen LogP contribution in [0.1, 0.15) is 19.8 Å². The summed E-state index contributed by atoms with van der Waals surface area (Å²) in [6, 6.07) is 0.0376. The molecule has 0 radical (unpaired) electrons. The lowest BCUT2D eigenvalue weighted by molar-refractivity contribution is 0.0819. The first kappa shape index (κ1) is 9.87. The van der Waals surface area contributed by atoms with E-state index in [9.17, 15) is 0 Å². The molecule has 1 aliphatic carbocycles. The Morgan fingerprint density at radius 3 is 2.93 bits per heavy atom. The number of dihydropyridines is 1. The van der Waals surface area contributed by atoms with E-state index in [1.54, 1.807) is 0 Å². The molecule has 0 aromatic carbocycles. The fourth-order valence-electron chi connectivity index (χ4n) is 1.46. The largest absolute Gasteiger partial charge is 0.372 e. The molecule has 78 valence electrons. The third-order valence-electron chi connectivity index (χ3n) is 2.64. The van der Waals surface area contributed by atoms with Gasteiger partial charge in [-0.1, -0.05) is 6.08 Å². The van der Waals surface area contributed by atoms with E-state index in [4.69, 9.17) is 10.5 Å². The fraction of sp³-hybridized carbons (Fsp3) is 0.727. The molecule has 0 spiro atoms. The number of rotatable bonds is 4. The van der Waals surface area contributed by atoms with Crippen molar-refractivity contribution in [1.82, 2.24) is 0 Å². The molecule has 0 aromatic heterocycles. The topological polar surface area (TPSA) is 47.6 Å². The van der Waals surface area contributed by atoms with E-state index in [0.29, 0.717) is 0 Å². The van der Waals surface area contributed by atoms with Gasteiger partial charge < -0.3 is 10.5 Å². The Morgan fingerprint density at radius 2 is 2.43 bits per heavy atom. The van der Waals surface area contributed by atoms with Crippen LogP contribution in [0.25, 0.3) is 0 Å². The van der Waals surface area contributed by atoms with Gasteiger partial charge in [-0.05, 0) is 31.8 Å². The van der Waals surface area contributed by atoms with Gasteiger partial charge in [-0.3, -0.25) is 4.99 Å². The lowest BCUT2D eigenvalue weighted by Crippen LogP contribution is -2.30. The van der Waals surface area contributed by atoms with E-state index in [2.05, 4.69) is 11.1 Å². The summed E-state index contributed by atoms with van der Waals surface area (Å²) < 4.78 is 5.70. The molecule has 1 heterocycles. The molecule has 1 saturated carbocycles. The standard InChI is InChI=1S/C11H18N2O/c1-8(12)11-5-4-10(6-13-11)14-7-9-2-3-9/h4-5,8-10H,2-3,6-7,12H2,1H3/t8-,10?/m1/s1. The van der Waals surface area contributed by atoms with Gasteiger partial charge in [0, 0.05) is 6.04 Å². The molecule has 1 fully saturated rings. The lowest BCUT2D eigenvalue weighted by Gasteiger charge is -2.17. The summed E-state index contributed by atoms with van der Waals surface area (Å²) in [5.41, 5.74) is 6.70. The Labute approximate surface area is 85.0 Å². The van der Waals surface area contributed by atoms with Gasteiger partial charge >= 0.3 is 0 Å². The molecule has 1 aliphatic heterocycles. The van der Waals surface area contributed by atoms with Crippen LogP contribution < -0.4 is 5.73 Å². The average molecular weight is 194 g/mol. The molecule has 14 heavy (non-hydrogen) atoms. The molecule has 2 N–H and O–H groups in total. The minimum Gasteiger partial charge on any atom is -0.372 e. The highest BCUT2D eigenvalue weighted by atomic mass is 16.5. The van der Waals surface area contributed by atoms with Crippen LogP contribution in [-0.4, -0.2) is 31.0 Å². The maximum atomic E-state index is 5.72. The molecule has 0 amide bonds. The normalized spacial score (nSPS) is 28.7. The maximum Gasteiger partial charge on any atom is 0.0954 e. The molecule has 0 aromatic rings. The van der Waals surface area contributed by atoms with Crippen molar-refractivity contribution >= 4 is 5.71 Å². The van der Waals surface area contributed by atoms with Crippen LogP contribution >= 0.6 is 0 Å². The first-order chi connectivity index (χ1) is 6.75. The predicted octanol–water partition coefficient (Wildman–Crippen LogP) is 1.14. The molecule has 3 heteroatoms. The van der Waals surface area contributed by atoms with Gasteiger partial charge in [0.25, 0.3) is 0 Å². The SMILES string of the molecule is C[C@@H](N)C1=NCC(OCC2CC2)C=C1. The Kier molecular flexibility index (Phi) is 2.99. The summed E-state index contributed by atoms with van der Waals surface area (Å²) >= 11 is 0. The van der Waals surface area contributed by atoms with Crippen LogP contribution in [-0.2, 0) is 4.74 Å². The van der Waals surface area contributed by atoms with Gasteiger partial charge in [0.05, 0.1) is 25.0 Å². The second-order valence-corrected chi connectivity index (χ2v) is 4.23. The number of nitrogens with two attached hydrogens (primary N) is 1. The highest BCUT2D eigenvalue weighted by Gasteiger charge is 2.23. The predicted molar refractivity (Wildman–Crippen MR) is 57.6 cm³/mol. The van der Waals surface area contributed by atoms with Gasteiger partial charge in [-0.25, -0.2) is 0 Å². The van der Waals surface area contributed by atoms with Crippen molar-refractivity contribution in [3.05, 3.63) is 12.2 Å². The highest BCUT2D eigenvalue weighted by molar-refractivity contribution is 5.99. The summed E-state index contributed by atoms with van der Waals surface area (Å²) in [5, 5.41) is 0. The number of ether oxygens (including phenoxy) is 1. The molecule has 2 aliphatic rings. The molecule has 0 bridgehead atoms. The second kappa shape index (κ2) is 4.24. The van der Waals surface area contributed by atoms with E-state index < -0.39 is 0 Å². The quantitative estimate of drug-likeness (QED) is 0.729. The highest BCUT2D eigenvalue weighted by Crippen LogP contribution is 2.29. The van der Waals surface area contributed by atoms with Gasteiger partial charge in [-0.2, -0.15) is 0 Å². The van der Waals surface area contributed by atoms with Crippen LogP contribution in [0.4, 0.5) is 0 Å². The average Bonchev–Trinajstić information content (AvgIpc) is 2.99. The van der Waals surface area contributed by atoms with Gasteiger partial charge in [0.15, 0.2) is 0 Å². The summed E-state index contributed by atoms with van der Waals surface area (Å²) in [5.74, 6) is 0.821. The van der Waals surface area contributed by atoms with Crippen LogP contribution in [0, 0.1) is 5.92 Å². The summed E-state index contributed by atoms with van der Waals surface area (Å²) in [6.07, 6.45) is 6.92. The van der Waals surface area contributed by atoms with Crippen molar-refractivity contribution in [2.24, 2.45) is 16.6 Å². The monoisotopic (exact) mass is 194 g/mol. The zero-order valence-electron chi connectivity index (χ0n) is 8.65. The number of hydrogen-bond donors (Lipinski definition) is 1. The van der Waals surface area contributed by atoms with Crippen LogP contribution in [0.5, 0.6) is 0 Å². The fourth-order valence-corrected chi connectivity index (χ4v) is 1.46. The Bertz CT molecular complexity index is 254. The molecule has 3 nitrogen and oxygen atoms in total. The number of aliphatic imine (C=N–C) groups is 1. The first-order valence-corrected chi connectivity index (χ1v) is 5.35. The number of hydrogen-bond acceptors (Lipinski definition) is 3. The van der Waals surface area contributed by atoms with Gasteiger partial charge in [-0.15, -0.1) is 0 Å². The third kappa shape index (κ3) is 2.66. The Balaban J connectivity index is 1.75. The van der Waals surface area contributed by atoms with Crippen molar-refractivity contribution < 1.29 is 4.74 Å². The van der Waals surface area contributed by atoms with Crippen LogP contribution in [0.2, 0.25) is 0 Å². The van der Waals surface area contributed by atoms with E-state index in [1.807, 2.05) is 13.0 Å². The summed E-state index contributed by atoms with van der Waals surface area (Å²) in [4.78, 5) is 4.39. The molecule has 2 atom stereocenters. The van der Waals surface area contributed by atoms with Gasteiger partial charge in [0.2, 0.25) is 0 Å². The van der Waals surface area contributed by atoms with E-state index >= 15 is 0 Å². The smallest absolute Gasteiger partial charge is 0.0954 e. The minimum absolute atomic E-state index is 0.0376. The minimum atomic E-state index is 0.0376. The van der Waals surface area contributed by atoms with Crippen LogP contribution in [0.3, 0.4) is 0 Å². The Hall–Kier alpha value is -0.670. The second-order valence-electron chi connectivity index (χ2n) is 4.23. The van der Waals surface area contributed by atoms with E-state index in [-0.39, 0.29) is 12.1 Å². The molecule has 0 saturated heterocycles. The third-order valence-corrected chi connectivity index (χ3v) is 2.64. The molecule has 2 rings (SSSR count). The van der Waals surface area contributed by atoms with Crippen LogP contribution in [0.15, 0.2) is 17.1 Å². The van der Waals surface area contributed by atoms with Crippen molar-refractivity contribution in [2.75, 3.05) is 13.2 Å². The summed E-state index contributed by atoms with van der Waals surface area (Å²) in [6.45, 7) is 3.59. The molecule has 1 unspecified atom stereocenters. The number of nitrogens with zero attached hydrogens (tertiary/aromatic N) is 1. The zero-order chi connectivity index (χ0) is 9.97. The maximum absolute atomic E-state index is 5.72. The Morgan fingerprint density at radius 1 is 1.64 bits per heavy atom. The van der Waals surface area contributed by atoms with Gasteiger partial charge in [0.1, 0.15) is 0 Å². The van der Waals surface area contributed by atoms with Crippen molar-refractivity contribution in [3.8, 4) is 0 Å². The van der Waals surface area contributed by atoms with Crippen molar-refractivity contribution in [3.63, 3.8) is 0 Å². The van der Waals surface area contributed by atoms with Crippen molar-refractivity contribution in [2.45, 2.75) is 31.9 Å². The van der Waals surface area contributed by atoms with E-state index in [1.165, 1.54) is 12.8 Å². The van der Waals surface area contributed by atoms with Crippen molar-refractivity contribution in [1.29, 1.82) is 0 Å². The first-order valence-electron chi connectivity index (χ1n) is 5.35. The zero-order valence-corrected chi connectivity index (χ0v) is 8.65. The molecular formula is C11H18N2O. The summed E-state index contributed by atoms with van der Waals surface area (Å²) in [7, 11) is 0. The molecular weight excluding hydrogens is 176 g/mol. The van der Waals surface area contributed by atoms with E-state index in [0.717, 1.165) is 24.8 Å². The lowest BCUT2D eigenvalue weighted by atomic mass is 10.1.